The zero-order valence-electron chi connectivity index (χ0n) is 18.9. The largest absolute Gasteiger partial charge is 0.324 e. The third-order valence-corrected chi connectivity index (χ3v) is 5.32. The van der Waals surface area contributed by atoms with Crippen molar-refractivity contribution in [2.75, 3.05) is 10.6 Å². The number of para-hydroxylation sites is 1. The second-order valence-electron chi connectivity index (χ2n) is 7.96. The summed E-state index contributed by atoms with van der Waals surface area (Å²) < 4.78 is 1.07. The molecule has 0 aliphatic rings. The van der Waals surface area contributed by atoms with Gasteiger partial charge in [0.25, 0.3) is 11.5 Å². The van der Waals surface area contributed by atoms with Gasteiger partial charge in [0.2, 0.25) is 5.91 Å². The average Bonchev–Trinajstić information content (AvgIpc) is 2.84. The number of aryl methyl sites for hydroxylation is 2. The van der Waals surface area contributed by atoms with Crippen LogP contribution in [0.3, 0.4) is 0 Å². The maximum absolute atomic E-state index is 13.1. The zero-order valence-corrected chi connectivity index (χ0v) is 18.9. The smallest absolute Gasteiger partial charge is 0.291 e. The van der Waals surface area contributed by atoms with E-state index in [1.807, 2.05) is 56.3 Å². The summed E-state index contributed by atoms with van der Waals surface area (Å²) in [4.78, 5) is 38.6. The Morgan fingerprint density at radius 3 is 2.21 bits per heavy atom. The lowest BCUT2D eigenvalue weighted by molar-refractivity contribution is -0.117. The van der Waals surface area contributed by atoms with Gasteiger partial charge in [-0.15, -0.1) is 0 Å². The zero-order chi connectivity index (χ0) is 24.1. The van der Waals surface area contributed by atoms with Gasteiger partial charge in [0.05, 0.1) is 5.69 Å². The van der Waals surface area contributed by atoms with Crippen molar-refractivity contribution < 1.29 is 9.59 Å². The van der Waals surface area contributed by atoms with Crippen LogP contribution < -0.4 is 16.2 Å². The van der Waals surface area contributed by atoms with Gasteiger partial charge in [-0.2, -0.15) is 5.10 Å². The molecule has 0 saturated heterocycles. The second kappa shape index (κ2) is 9.95. The molecule has 7 heteroatoms. The summed E-state index contributed by atoms with van der Waals surface area (Å²) in [6, 6.07) is 25.1. The summed E-state index contributed by atoms with van der Waals surface area (Å²) in [6.45, 7) is 3.55. The first-order chi connectivity index (χ1) is 16.4. The number of carbonyl (C=O) groups excluding carboxylic acids is 2. The highest BCUT2D eigenvalue weighted by Gasteiger charge is 2.16. The molecule has 0 aliphatic heterocycles. The number of hydrogen-bond acceptors (Lipinski definition) is 4. The third kappa shape index (κ3) is 5.27. The highest BCUT2D eigenvalue weighted by atomic mass is 16.2. The van der Waals surface area contributed by atoms with E-state index in [9.17, 15) is 14.4 Å². The molecule has 1 heterocycles. The number of nitrogens with zero attached hydrogens (tertiary/aromatic N) is 2. The molecule has 0 bridgehead atoms. The molecule has 0 unspecified atom stereocenters. The molecule has 3 aromatic carbocycles. The van der Waals surface area contributed by atoms with Crippen molar-refractivity contribution in [1.29, 1.82) is 0 Å². The molecule has 0 aliphatic carbocycles. The Balaban J connectivity index is 1.68. The van der Waals surface area contributed by atoms with E-state index in [1.54, 1.807) is 36.4 Å². The van der Waals surface area contributed by atoms with Crippen LogP contribution in [0.5, 0.6) is 0 Å². The Hall–Kier alpha value is -4.52. The first-order valence-electron chi connectivity index (χ1n) is 10.8. The maximum Gasteiger partial charge on any atom is 0.291 e. The van der Waals surface area contributed by atoms with Gasteiger partial charge in [-0.1, -0.05) is 66.2 Å². The predicted octanol–water partition coefficient (Wildman–Crippen LogP) is 4.42. The highest BCUT2D eigenvalue weighted by Crippen LogP contribution is 2.20. The molecule has 0 saturated carbocycles. The molecule has 1 aromatic heterocycles. The van der Waals surface area contributed by atoms with E-state index in [0.717, 1.165) is 21.4 Å². The lowest BCUT2D eigenvalue weighted by Crippen LogP contribution is -2.32. The van der Waals surface area contributed by atoms with Crippen LogP contribution in [0.4, 0.5) is 11.4 Å². The second-order valence-corrected chi connectivity index (χ2v) is 7.96. The molecule has 0 radical (unpaired) electrons. The first-order valence-corrected chi connectivity index (χ1v) is 10.8. The summed E-state index contributed by atoms with van der Waals surface area (Å²) in [7, 11) is 0. The summed E-state index contributed by atoms with van der Waals surface area (Å²) in [5, 5.41) is 9.90. The van der Waals surface area contributed by atoms with E-state index in [2.05, 4.69) is 15.7 Å². The topological polar surface area (TPSA) is 93.1 Å². The molecule has 0 atom stereocenters. The molecule has 7 nitrogen and oxygen atoms in total. The molecule has 170 valence electrons. The Bertz CT molecular complexity index is 1390. The number of aromatic nitrogens is 2. The molecule has 2 N–H and O–H groups in total. The van der Waals surface area contributed by atoms with Crippen LogP contribution in [-0.2, 0) is 11.3 Å². The Morgan fingerprint density at radius 1 is 0.824 bits per heavy atom. The Morgan fingerprint density at radius 2 is 1.50 bits per heavy atom. The molecule has 2 amide bonds. The maximum atomic E-state index is 13.1. The fourth-order valence-electron chi connectivity index (χ4n) is 3.43. The molecular formula is C27H24N4O3. The number of amides is 2. The highest BCUT2D eigenvalue weighted by molar-refractivity contribution is 6.04. The standard InChI is InChI=1S/C27H24N4O3/c1-18-12-14-20(15-13-18)23-16-24(29-26(33)21-9-4-3-5-10-21)27(34)31(30-23)17-25(32)28-22-11-7-6-8-19(22)2/h3-16H,17H2,1-2H3,(H,28,32)(H,29,33). The molecule has 0 fully saturated rings. The van der Waals surface area contributed by atoms with Gasteiger partial charge in [0, 0.05) is 16.8 Å². The van der Waals surface area contributed by atoms with Gasteiger partial charge in [-0.25, -0.2) is 4.68 Å². The fraction of sp³-hybridized carbons (Fsp3) is 0.111. The van der Waals surface area contributed by atoms with E-state index in [4.69, 9.17) is 0 Å². The lowest BCUT2D eigenvalue weighted by Gasteiger charge is -2.13. The number of hydrogen-bond donors (Lipinski definition) is 2. The summed E-state index contributed by atoms with van der Waals surface area (Å²) in [6.07, 6.45) is 0. The number of anilines is 2. The Labute approximate surface area is 197 Å². The summed E-state index contributed by atoms with van der Waals surface area (Å²) >= 11 is 0. The van der Waals surface area contributed by atoms with Crippen molar-refractivity contribution >= 4 is 23.2 Å². The minimum Gasteiger partial charge on any atom is -0.324 e. The minimum absolute atomic E-state index is 0.0446. The summed E-state index contributed by atoms with van der Waals surface area (Å²) in [5.74, 6) is -0.819. The van der Waals surface area contributed by atoms with Gasteiger partial charge in [0.1, 0.15) is 12.2 Å². The normalized spacial score (nSPS) is 10.5. The quantitative estimate of drug-likeness (QED) is 0.453. The van der Waals surface area contributed by atoms with Crippen molar-refractivity contribution in [3.05, 3.63) is 112 Å². The number of carbonyl (C=O) groups is 2. The van der Waals surface area contributed by atoms with Crippen LogP contribution in [0.15, 0.2) is 89.7 Å². The van der Waals surface area contributed by atoms with Crippen molar-refractivity contribution in [1.82, 2.24) is 9.78 Å². The monoisotopic (exact) mass is 452 g/mol. The van der Waals surface area contributed by atoms with Crippen LogP contribution in [-0.4, -0.2) is 21.6 Å². The van der Waals surface area contributed by atoms with E-state index < -0.39 is 17.4 Å². The third-order valence-electron chi connectivity index (χ3n) is 5.32. The first kappa shape index (κ1) is 22.7. The van der Waals surface area contributed by atoms with E-state index in [1.165, 1.54) is 6.07 Å². The summed E-state index contributed by atoms with van der Waals surface area (Å²) in [5.41, 5.74) is 3.75. The van der Waals surface area contributed by atoms with Crippen LogP contribution in [0, 0.1) is 13.8 Å². The van der Waals surface area contributed by atoms with Gasteiger partial charge in [-0.3, -0.25) is 14.4 Å². The van der Waals surface area contributed by atoms with Crippen LogP contribution in [0.2, 0.25) is 0 Å². The van der Waals surface area contributed by atoms with Crippen LogP contribution in [0.25, 0.3) is 11.3 Å². The fourth-order valence-corrected chi connectivity index (χ4v) is 3.43. The van der Waals surface area contributed by atoms with E-state index in [0.29, 0.717) is 16.9 Å². The van der Waals surface area contributed by atoms with Crippen molar-refractivity contribution in [2.45, 2.75) is 20.4 Å². The molecular weight excluding hydrogens is 428 g/mol. The van der Waals surface area contributed by atoms with Gasteiger partial charge >= 0.3 is 0 Å². The molecule has 4 aromatic rings. The van der Waals surface area contributed by atoms with E-state index in [-0.39, 0.29) is 12.2 Å². The minimum atomic E-state index is -0.569. The van der Waals surface area contributed by atoms with Crippen molar-refractivity contribution in [3.63, 3.8) is 0 Å². The SMILES string of the molecule is Cc1ccc(-c2cc(NC(=O)c3ccccc3)c(=O)n(CC(=O)Nc3ccccc3C)n2)cc1. The van der Waals surface area contributed by atoms with E-state index >= 15 is 0 Å². The molecule has 4 rings (SSSR count). The number of nitrogens with one attached hydrogen (secondary N) is 2. The molecule has 0 spiro atoms. The average molecular weight is 453 g/mol. The van der Waals surface area contributed by atoms with Crippen LogP contribution in [0.1, 0.15) is 21.5 Å². The van der Waals surface area contributed by atoms with Gasteiger partial charge < -0.3 is 10.6 Å². The Kier molecular flexibility index (Phi) is 6.64. The lowest BCUT2D eigenvalue weighted by atomic mass is 10.1. The van der Waals surface area contributed by atoms with Crippen LogP contribution >= 0.6 is 0 Å². The van der Waals surface area contributed by atoms with Crippen molar-refractivity contribution in [3.8, 4) is 11.3 Å². The molecule has 34 heavy (non-hydrogen) atoms. The number of benzene rings is 3. The van der Waals surface area contributed by atoms with Gasteiger partial charge in [0.15, 0.2) is 0 Å². The van der Waals surface area contributed by atoms with Gasteiger partial charge in [-0.05, 0) is 43.7 Å². The number of rotatable bonds is 6. The predicted molar refractivity (Wildman–Crippen MR) is 133 cm³/mol. The van der Waals surface area contributed by atoms with Crippen molar-refractivity contribution in [2.24, 2.45) is 0 Å².